The number of likely N-dealkylation sites (N-methyl/N-ethyl adjacent to an activating group) is 1. The second-order valence-electron chi connectivity index (χ2n) is 7.32. The number of piperazine rings is 1. The molecule has 1 saturated heterocycles. The van der Waals surface area contributed by atoms with E-state index in [2.05, 4.69) is 63.7 Å². The lowest BCUT2D eigenvalue weighted by atomic mass is 9.84. The average Bonchev–Trinajstić information content (AvgIpc) is 2.58. The van der Waals surface area contributed by atoms with Gasteiger partial charge in [0.2, 0.25) is 5.91 Å². The fourth-order valence-corrected chi connectivity index (χ4v) is 4.33. The second-order valence-corrected chi connectivity index (χ2v) is 8.56. The summed E-state index contributed by atoms with van der Waals surface area (Å²) in [5.74, 6) is 1.05. The van der Waals surface area contributed by atoms with Crippen LogP contribution < -0.4 is 4.90 Å². The first kappa shape index (κ1) is 18.0. The van der Waals surface area contributed by atoms with Gasteiger partial charge in [0, 0.05) is 49.0 Å². The molecular weight excluding hydrogens is 413 g/mol. The third kappa shape index (κ3) is 4.42. The van der Waals surface area contributed by atoms with Gasteiger partial charge in [-0.1, -0.05) is 0 Å². The number of hydrogen-bond donors (Lipinski definition) is 0. The molecular formula is C19H28IN3O. The number of halogens is 1. The highest BCUT2D eigenvalue weighted by Crippen LogP contribution is 2.29. The topological polar surface area (TPSA) is 26.8 Å². The van der Waals surface area contributed by atoms with Gasteiger partial charge in [0.25, 0.3) is 0 Å². The van der Waals surface area contributed by atoms with Gasteiger partial charge >= 0.3 is 0 Å². The molecule has 2 fully saturated rings. The molecule has 5 heteroatoms. The lowest BCUT2D eigenvalue weighted by Gasteiger charge is -2.41. The van der Waals surface area contributed by atoms with E-state index in [1.165, 1.54) is 34.9 Å². The van der Waals surface area contributed by atoms with Crippen LogP contribution in [-0.2, 0) is 4.79 Å². The molecule has 0 aromatic heterocycles. The number of carbonyl (C=O) groups is 1. The van der Waals surface area contributed by atoms with Crippen LogP contribution in [0.25, 0.3) is 0 Å². The molecule has 0 atom stereocenters. The Labute approximate surface area is 159 Å². The van der Waals surface area contributed by atoms with Crippen LogP contribution in [0, 0.1) is 9.49 Å². The molecule has 1 saturated carbocycles. The van der Waals surface area contributed by atoms with Crippen LogP contribution >= 0.6 is 22.6 Å². The maximum absolute atomic E-state index is 11.9. The van der Waals surface area contributed by atoms with Gasteiger partial charge in [-0.25, -0.2) is 0 Å². The zero-order valence-corrected chi connectivity index (χ0v) is 16.9. The minimum atomic E-state index is 0.279. The molecule has 1 amide bonds. The third-order valence-corrected chi connectivity index (χ3v) is 6.34. The number of nitrogens with zero attached hydrogens (tertiary/aromatic N) is 3. The first-order valence-corrected chi connectivity index (χ1v) is 10.1. The Morgan fingerprint density at radius 3 is 2.42 bits per heavy atom. The van der Waals surface area contributed by atoms with E-state index in [0.717, 1.165) is 25.6 Å². The van der Waals surface area contributed by atoms with Crippen LogP contribution in [0.5, 0.6) is 0 Å². The Hall–Kier alpha value is -0.820. The van der Waals surface area contributed by atoms with Crippen molar-refractivity contribution >= 4 is 34.2 Å². The highest BCUT2D eigenvalue weighted by atomic mass is 127. The predicted octanol–water partition coefficient (Wildman–Crippen LogP) is 3.06. The van der Waals surface area contributed by atoms with Gasteiger partial charge in [-0.3, -0.25) is 9.69 Å². The lowest BCUT2D eigenvalue weighted by Crippen LogP contribution is -2.53. The smallest absolute Gasteiger partial charge is 0.236 e. The van der Waals surface area contributed by atoms with Crippen LogP contribution in [0.2, 0.25) is 0 Å². The molecule has 0 N–H and O–H groups in total. The van der Waals surface area contributed by atoms with Crippen LogP contribution in [0.1, 0.15) is 25.7 Å². The fraction of sp³-hybridized carbons (Fsp3) is 0.632. The number of carbonyl (C=O) groups excluding carboxylic acids is 1. The Bertz CT molecular complexity index is 554. The summed E-state index contributed by atoms with van der Waals surface area (Å²) in [5, 5.41) is 0. The summed E-state index contributed by atoms with van der Waals surface area (Å²) in [6.07, 6.45) is 5.03. The average molecular weight is 441 g/mol. The molecule has 1 heterocycles. The fourth-order valence-electron chi connectivity index (χ4n) is 3.97. The zero-order valence-electron chi connectivity index (χ0n) is 14.7. The third-order valence-electron chi connectivity index (χ3n) is 5.62. The van der Waals surface area contributed by atoms with E-state index in [4.69, 9.17) is 0 Å². The summed E-state index contributed by atoms with van der Waals surface area (Å²) in [7, 11) is 4.12. The van der Waals surface area contributed by atoms with Gasteiger partial charge in [0.05, 0.1) is 6.54 Å². The van der Waals surface area contributed by atoms with Gasteiger partial charge in [-0.2, -0.15) is 0 Å². The minimum Gasteiger partial charge on any atom is -0.374 e. The van der Waals surface area contributed by atoms with Crippen LogP contribution in [0.3, 0.4) is 0 Å². The lowest BCUT2D eigenvalue weighted by molar-refractivity contribution is -0.135. The first-order chi connectivity index (χ1) is 11.5. The van der Waals surface area contributed by atoms with Crippen molar-refractivity contribution in [2.45, 2.75) is 31.7 Å². The minimum absolute atomic E-state index is 0.279. The maximum atomic E-state index is 11.9. The molecule has 3 rings (SSSR count). The molecule has 0 bridgehead atoms. The van der Waals surface area contributed by atoms with E-state index in [0.29, 0.717) is 12.6 Å². The van der Waals surface area contributed by atoms with Crippen molar-refractivity contribution in [2.75, 3.05) is 45.2 Å². The summed E-state index contributed by atoms with van der Waals surface area (Å²) in [5.41, 5.74) is 1.31. The quantitative estimate of drug-likeness (QED) is 0.673. The Kier molecular flexibility index (Phi) is 6.02. The van der Waals surface area contributed by atoms with Gasteiger partial charge < -0.3 is 9.80 Å². The molecule has 0 unspecified atom stereocenters. The van der Waals surface area contributed by atoms with Crippen molar-refractivity contribution in [3.05, 3.63) is 27.8 Å². The number of amides is 1. The number of anilines is 1. The van der Waals surface area contributed by atoms with E-state index < -0.39 is 0 Å². The molecule has 0 radical (unpaired) electrons. The van der Waals surface area contributed by atoms with Crippen molar-refractivity contribution in [1.82, 2.24) is 9.80 Å². The predicted molar refractivity (Wildman–Crippen MR) is 107 cm³/mol. The van der Waals surface area contributed by atoms with Crippen molar-refractivity contribution in [3.8, 4) is 0 Å². The van der Waals surface area contributed by atoms with E-state index in [1.54, 1.807) is 0 Å². The summed E-state index contributed by atoms with van der Waals surface area (Å²) >= 11 is 2.35. The molecule has 4 nitrogen and oxygen atoms in total. The summed E-state index contributed by atoms with van der Waals surface area (Å²) in [6.45, 7) is 3.68. The second kappa shape index (κ2) is 8.04. The van der Waals surface area contributed by atoms with Crippen molar-refractivity contribution < 1.29 is 4.79 Å². The van der Waals surface area contributed by atoms with Crippen LogP contribution in [-0.4, -0.2) is 62.0 Å². The Morgan fingerprint density at radius 2 is 1.79 bits per heavy atom. The van der Waals surface area contributed by atoms with Gasteiger partial charge in [-0.15, -0.1) is 0 Å². The Morgan fingerprint density at radius 1 is 1.12 bits per heavy atom. The van der Waals surface area contributed by atoms with Gasteiger partial charge in [-0.05, 0) is 78.5 Å². The molecule has 24 heavy (non-hydrogen) atoms. The Balaban J connectivity index is 1.46. The molecule has 132 valence electrons. The summed E-state index contributed by atoms with van der Waals surface area (Å²) < 4.78 is 1.28. The SMILES string of the molecule is CN1CCN(C2CCC(CN(C)c3ccc(I)cc3)CC2)CC1=O. The molecule has 1 aliphatic carbocycles. The molecule has 1 aliphatic heterocycles. The zero-order chi connectivity index (χ0) is 17.1. The van der Waals surface area contributed by atoms with Crippen LogP contribution in [0.4, 0.5) is 5.69 Å². The summed E-state index contributed by atoms with van der Waals surface area (Å²) in [6, 6.07) is 9.39. The van der Waals surface area contributed by atoms with Crippen LogP contribution in [0.15, 0.2) is 24.3 Å². The van der Waals surface area contributed by atoms with Crippen molar-refractivity contribution in [1.29, 1.82) is 0 Å². The highest BCUT2D eigenvalue weighted by molar-refractivity contribution is 14.1. The first-order valence-electron chi connectivity index (χ1n) is 8.97. The van der Waals surface area contributed by atoms with E-state index in [-0.39, 0.29) is 5.91 Å². The van der Waals surface area contributed by atoms with E-state index >= 15 is 0 Å². The maximum Gasteiger partial charge on any atom is 0.236 e. The van der Waals surface area contributed by atoms with Gasteiger partial charge in [0.15, 0.2) is 0 Å². The molecule has 0 spiro atoms. The normalized spacial score (nSPS) is 25.8. The van der Waals surface area contributed by atoms with Crippen molar-refractivity contribution in [3.63, 3.8) is 0 Å². The van der Waals surface area contributed by atoms with E-state index in [1.807, 2.05) is 11.9 Å². The van der Waals surface area contributed by atoms with Gasteiger partial charge in [0.1, 0.15) is 0 Å². The number of benzene rings is 1. The summed E-state index contributed by atoms with van der Waals surface area (Å²) in [4.78, 5) is 18.6. The number of hydrogen-bond acceptors (Lipinski definition) is 3. The number of rotatable bonds is 4. The standard InChI is InChI=1S/C19H28IN3O/c1-21-11-12-23(14-19(21)24)18-7-3-15(4-8-18)13-22(2)17-9-5-16(20)6-10-17/h5-6,9-10,15,18H,3-4,7-8,11-14H2,1-2H3. The molecule has 1 aromatic rings. The highest BCUT2D eigenvalue weighted by Gasteiger charge is 2.30. The van der Waals surface area contributed by atoms with E-state index in [9.17, 15) is 4.79 Å². The largest absolute Gasteiger partial charge is 0.374 e. The monoisotopic (exact) mass is 441 g/mol. The molecule has 1 aromatic carbocycles. The van der Waals surface area contributed by atoms with Crippen molar-refractivity contribution in [2.24, 2.45) is 5.92 Å². The molecule has 2 aliphatic rings.